The van der Waals surface area contributed by atoms with Crippen LogP contribution >= 0.6 is 27.5 Å². The Labute approximate surface area is 124 Å². The standard InChI is InChI=1S/C12H13BrClN3O2/c1-19-5-4-17-11(9(14)7-16-17)12(18)10-3-2-8(13)6-15-10/h2-3,6-7,12,18H,4-5H2,1H3. The van der Waals surface area contributed by atoms with Crippen molar-refractivity contribution >= 4 is 27.5 Å². The van der Waals surface area contributed by atoms with E-state index in [-0.39, 0.29) is 0 Å². The molecule has 0 aliphatic carbocycles. The number of ether oxygens (including phenoxy) is 1. The van der Waals surface area contributed by atoms with E-state index in [1.165, 1.54) is 6.20 Å². The molecule has 7 heteroatoms. The van der Waals surface area contributed by atoms with Gasteiger partial charge in [0.1, 0.15) is 6.10 Å². The van der Waals surface area contributed by atoms with Crippen molar-refractivity contribution in [2.75, 3.05) is 13.7 Å². The molecule has 19 heavy (non-hydrogen) atoms. The first kappa shape index (κ1) is 14.5. The van der Waals surface area contributed by atoms with Gasteiger partial charge in [0, 0.05) is 17.8 Å². The Bertz CT molecular complexity index is 544. The van der Waals surface area contributed by atoms with Gasteiger partial charge in [-0.15, -0.1) is 0 Å². The van der Waals surface area contributed by atoms with Crippen molar-refractivity contribution in [1.29, 1.82) is 0 Å². The minimum Gasteiger partial charge on any atom is -0.383 e. The summed E-state index contributed by atoms with van der Waals surface area (Å²) in [5.41, 5.74) is 1.04. The number of hydrogen-bond acceptors (Lipinski definition) is 4. The van der Waals surface area contributed by atoms with E-state index in [2.05, 4.69) is 26.0 Å². The third-order valence-corrected chi connectivity index (χ3v) is 3.39. The van der Waals surface area contributed by atoms with Gasteiger partial charge in [-0.25, -0.2) is 0 Å². The van der Waals surface area contributed by atoms with Crippen LogP contribution in [0.15, 0.2) is 29.0 Å². The van der Waals surface area contributed by atoms with E-state index in [4.69, 9.17) is 16.3 Å². The van der Waals surface area contributed by atoms with Crippen LogP contribution in [0.2, 0.25) is 5.02 Å². The van der Waals surface area contributed by atoms with Crippen LogP contribution in [-0.2, 0) is 11.3 Å². The second kappa shape index (κ2) is 6.47. The number of halogens is 2. The van der Waals surface area contributed by atoms with Crippen LogP contribution < -0.4 is 0 Å². The SMILES string of the molecule is COCCn1ncc(Cl)c1C(O)c1ccc(Br)cn1. The smallest absolute Gasteiger partial charge is 0.139 e. The van der Waals surface area contributed by atoms with Crippen LogP contribution in [0, 0.1) is 0 Å². The summed E-state index contributed by atoms with van der Waals surface area (Å²) in [6.07, 6.45) is 2.22. The van der Waals surface area contributed by atoms with E-state index in [1.807, 2.05) is 6.07 Å². The largest absolute Gasteiger partial charge is 0.383 e. The molecular formula is C12H13BrClN3O2. The summed E-state index contributed by atoms with van der Waals surface area (Å²) >= 11 is 9.38. The van der Waals surface area contributed by atoms with Gasteiger partial charge in [0.15, 0.2) is 0 Å². The molecule has 0 bridgehead atoms. The average molecular weight is 347 g/mol. The Morgan fingerprint density at radius 2 is 2.26 bits per heavy atom. The van der Waals surface area contributed by atoms with Gasteiger partial charge in [0.25, 0.3) is 0 Å². The number of nitrogens with zero attached hydrogens (tertiary/aromatic N) is 3. The Hall–Kier alpha value is -0.950. The van der Waals surface area contributed by atoms with Gasteiger partial charge in [-0.3, -0.25) is 9.67 Å². The first-order valence-corrected chi connectivity index (χ1v) is 6.80. The molecule has 0 amide bonds. The number of methoxy groups -OCH3 is 1. The minimum atomic E-state index is -0.917. The maximum absolute atomic E-state index is 10.4. The maximum Gasteiger partial charge on any atom is 0.139 e. The first-order chi connectivity index (χ1) is 9.13. The van der Waals surface area contributed by atoms with E-state index >= 15 is 0 Å². The molecule has 2 rings (SSSR count). The molecule has 0 radical (unpaired) electrons. The molecule has 0 spiro atoms. The third kappa shape index (κ3) is 3.33. The van der Waals surface area contributed by atoms with Crippen molar-refractivity contribution in [3.05, 3.63) is 45.4 Å². The Morgan fingerprint density at radius 3 is 2.89 bits per heavy atom. The van der Waals surface area contributed by atoms with E-state index in [1.54, 1.807) is 24.1 Å². The molecule has 5 nitrogen and oxygen atoms in total. The normalized spacial score (nSPS) is 12.6. The molecule has 1 atom stereocenters. The van der Waals surface area contributed by atoms with Gasteiger partial charge >= 0.3 is 0 Å². The van der Waals surface area contributed by atoms with Gasteiger partial charge in [-0.1, -0.05) is 11.6 Å². The summed E-state index contributed by atoms with van der Waals surface area (Å²) in [7, 11) is 1.61. The average Bonchev–Trinajstić information content (AvgIpc) is 2.77. The lowest BCUT2D eigenvalue weighted by molar-refractivity contribution is 0.170. The zero-order valence-corrected chi connectivity index (χ0v) is 12.6. The molecular weight excluding hydrogens is 334 g/mol. The number of aromatic nitrogens is 3. The topological polar surface area (TPSA) is 60.2 Å². The van der Waals surface area contributed by atoms with Crippen molar-refractivity contribution in [1.82, 2.24) is 14.8 Å². The molecule has 0 aromatic carbocycles. The highest BCUT2D eigenvalue weighted by atomic mass is 79.9. The predicted molar refractivity (Wildman–Crippen MR) is 75.1 cm³/mol. The highest BCUT2D eigenvalue weighted by Gasteiger charge is 2.20. The number of aliphatic hydroxyl groups excluding tert-OH is 1. The quantitative estimate of drug-likeness (QED) is 0.903. The Morgan fingerprint density at radius 1 is 1.47 bits per heavy atom. The second-order valence-corrected chi connectivity index (χ2v) is 5.22. The minimum absolute atomic E-state index is 0.410. The number of aliphatic hydroxyl groups is 1. The first-order valence-electron chi connectivity index (χ1n) is 5.63. The molecule has 2 aromatic rings. The molecule has 0 aliphatic heterocycles. The summed E-state index contributed by atoms with van der Waals surface area (Å²) in [5, 5.41) is 14.9. The van der Waals surface area contributed by atoms with Crippen molar-refractivity contribution in [3.63, 3.8) is 0 Å². The van der Waals surface area contributed by atoms with Crippen molar-refractivity contribution < 1.29 is 9.84 Å². The zero-order chi connectivity index (χ0) is 13.8. The lowest BCUT2D eigenvalue weighted by Crippen LogP contribution is -2.14. The van der Waals surface area contributed by atoms with E-state index < -0.39 is 6.10 Å². The van der Waals surface area contributed by atoms with Gasteiger partial charge in [-0.2, -0.15) is 5.10 Å². The van der Waals surface area contributed by atoms with E-state index in [0.29, 0.717) is 29.6 Å². The summed E-state index contributed by atoms with van der Waals surface area (Å²) in [6.45, 7) is 1.01. The van der Waals surface area contributed by atoms with Gasteiger partial charge in [-0.05, 0) is 28.1 Å². The summed E-state index contributed by atoms with van der Waals surface area (Å²) in [4.78, 5) is 4.17. The Kier molecular flexibility index (Phi) is 4.93. The Balaban J connectivity index is 2.29. The van der Waals surface area contributed by atoms with Crippen LogP contribution in [-0.4, -0.2) is 33.6 Å². The molecule has 1 N–H and O–H groups in total. The molecule has 2 aromatic heterocycles. The maximum atomic E-state index is 10.4. The monoisotopic (exact) mass is 345 g/mol. The van der Waals surface area contributed by atoms with Crippen LogP contribution in [0.25, 0.3) is 0 Å². The number of hydrogen-bond donors (Lipinski definition) is 1. The molecule has 1 unspecified atom stereocenters. The number of rotatable bonds is 5. The number of pyridine rings is 1. The van der Waals surface area contributed by atoms with Crippen LogP contribution in [0.4, 0.5) is 0 Å². The molecule has 2 heterocycles. The second-order valence-electron chi connectivity index (χ2n) is 3.90. The fraction of sp³-hybridized carbons (Fsp3) is 0.333. The third-order valence-electron chi connectivity index (χ3n) is 2.63. The fourth-order valence-electron chi connectivity index (χ4n) is 1.69. The molecule has 0 saturated carbocycles. The van der Waals surface area contributed by atoms with Gasteiger partial charge in [0.2, 0.25) is 0 Å². The summed E-state index contributed by atoms with van der Waals surface area (Å²) in [5.74, 6) is 0. The van der Waals surface area contributed by atoms with Crippen LogP contribution in [0.5, 0.6) is 0 Å². The molecule has 0 saturated heterocycles. The fourth-order valence-corrected chi connectivity index (χ4v) is 2.17. The van der Waals surface area contributed by atoms with E-state index in [9.17, 15) is 5.11 Å². The van der Waals surface area contributed by atoms with Crippen molar-refractivity contribution in [2.24, 2.45) is 0 Å². The van der Waals surface area contributed by atoms with E-state index in [0.717, 1.165) is 4.47 Å². The zero-order valence-electron chi connectivity index (χ0n) is 10.3. The molecule has 102 valence electrons. The molecule has 0 fully saturated rings. The van der Waals surface area contributed by atoms with Gasteiger partial charge in [0.05, 0.1) is 35.8 Å². The van der Waals surface area contributed by atoms with Crippen molar-refractivity contribution in [2.45, 2.75) is 12.6 Å². The highest BCUT2D eigenvalue weighted by molar-refractivity contribution is 9.10. The van der Waals surface area contributed by atoms with Crippen molar-refractivity contribution in [3.8, 4) is 0 Å². The lowest BCUT2D eigenvalue weighted by Gasteiger charge is -2.13. The summed E-state index contributed by atoms with van der Waals surface area (Å²) < 4.78 is 7.48. The summed E-state index contributed by atoms with van der Waals surface area (Å²) in [6, 6.07) is 3.55. The van der Waals surface area contributed by atoms with Crippen LogP contribution in [0.3, 0.4) is 0 Å². The highest BCUT2D eigenvalue weighted by Crippen LogP contribution is 2.27. The van der Waals surface area contributed by atoms with Gasteiger partial charge < -0.3 is 9.84 Å². The predicted octanol–water partition coefficient (Wildman–Crippen LogP) is 2.42. The molecule has 0 aliphatic rings. The lowest BCUT2D eigenvalue weighted by atomic mass is 10.1. The van der Waals surface area contributed by atoms with Crippen LogP contribution in [0.1, 0.15) is 17.5 Å².